The van der Waals surface area contributed by atoms with E-state index in [1.807, 2.05) is 0 Å². The number of hydrogen-bond acceptors (Lipinski definition) is 2. The standard InChI is InChI=1S/C9H10F3NO.ClH/c10-6-3-1-2-5(9(6)14)7(13)4-8(11)12;/h1-3,7-8,14H,4,13H2;1H/t7-;/m0./s1. The first-order chi connectivity index (χ1) is 6.52. The maximum absolute atomic E-state index is 12.8. The summed E-state index contributed by atoms with van der Waals surface area (Å²) in [6, 6.07) is 2.63. The van der Waals surface area contributed by atoms with Crippen molar-refractivity contribution >= 4 is 12.4 Å². The molecule has 1 atom stereocenters. The van der Waals surface area contributed by atoms with Crippen LogP contribution in [-0.2, 0) is 0 Å². The molecule has 0 aliphatic heterocycles. The molecule has 0 aromatic heterocycles. The van der Waals surface area contributed by atoms with Gasteiger partial charge in [0.1, 0.15) is 0 Å². The van der Waals surface area contributed by atoms with Gasteiger partial charge in [0.05, 0.1) is 0 Å². The molecule has 0 aliphatic carbocycles. The average Bonchev–Trinajstić information content (AvgIpc) is 2.08. The summed E-state index contributed by atoms with van der Waals surface area (Å²) < 4.78 is 36.7. The highest BCUT2D eigenvalue weighted by Gasteiger charge is 2.17. The molecule has 0 spiro atoms. The van der Waals surface area contributed by atoms with E-state index in [1.54, 1.807) is 0 Å². The van der Waals surface area contributed by atoms with Crippen molar-refractivity contribution in [1.82, 2.24) is 0 Å². The van der Waals surface area contributed by atoms with Crippen LogP contribution in [0.1, 0.15) is 18.0 Å². The Morgan fingerprint density at radius 2 is 1.93 bits per heavy atom. The second-order valence-electron chi connectivity index (χ2n) is 2.91. The molecule has 1 rings (SSSR count). The molecule has 2 nitrogen and oxygen atoms in total. The largest absolute Gasteiger partial charge is 0.505 e. The number of para-hydroxylation sites is 1. The second kappa shape index (κ2) is 5.82. The lowest BCUT2D eigenvalue weighted by Gasteiger charge is -2.12. The van der Waals surface area contributed by atoms with Crippen LogP contribution < -0.4 is 5.73 Å². The van der Waals surface area contributed by atoms with Gasteiger partial charge in [-0.3, -0.25) is 0 Å². The number of phenols is 1. The van der Waals surface area contributed by atoms with Crippen LogP contribution >= 0.6 is 12.4 Å². The van der Waals surface area contributed by atoms with Crippen LogP contribution in [0, 0.1) is 5.82 Å². The number of aromatic hydroxyl groups is 1. The van der Waals surface area contributed by atoms with Crippen LogP contribution in [0.25, 0.3) is 0 Å². The molecule has 1 aromatic rings. The molecule has 0 aliphatic rings. The van der Waals surface area contributed by atoms with Gasteiger partial charge in [-0.15, -0.1) is 12.4 Å². The first-order valence-corrected chi connectivity index (χ1v) is 4.03. The highest BCUT2D eigenvalue weighted by molar-refractivity contribution is 5.85. The predicted octanol–water partition coefficient (Wildman–Crippen LogP) is 2.61. The Bertz CT molecular complexity index is 322. The van der Waals surface area contributed by atoms with Gasteiger partial charge in [0, 0.05) is 18.0 Å². The quantitative estimate of drug-likeness (QED) is 0.855. The third kappa shape index (κ3) is 3.60. The minimum absolute atomic E-state index is 0. The van der Waals surface area contributed by atoms with Crippen LogP contribution in [0.4, 0.5) is 13.2 Å². The summed E-state index contributed by atoms with van der Waals surface area (Å²) in [6.45, 7) is 0. The first kappa shape index (κ1) is 14.1. The van der Waals surface area contributed by atoms with Gasteiger partial charge >= 0.3 is 0 Å². The number of phenolic OH excluding ortho intramolecular Hbond substituents is 1. The average molecular weight is 242 g/mol. The number of alkyl halides is 2. The lowest BCUT2D eigenvalue weighted by Crippen LogP contribution is -2.14. The number of rotatable bonds is 3. The van der Waals surface area contributed by atoms with Crippen LogP contribution in [0.15, 0.2) is 18.2 Å². The highest BCUT2D eigenvalue weighted by Crippen LogP contribution is 2.28. The second-order valence-corrected chi connectivity index (χ2v) is 2.91. The van der Waals surface area contributed by atoms with Crippen LogP contribution in [0.5, 0.6) is 5.75 Å². The summed E-state index contributed by atoms with van der Waals surface area (Å²) in [5.74, 6) is -1.51. The maximum atomic E-state index is 12.8. The molecule has 6 heteroatoms. The van der Waals surface area contributed by atoms with Crippen LogP contribution in [-0.4, -0.2) is 11.5 Å². The summed E-state index contributed by atoms with van der Waals surface area (Å²) in [5, 5.41) is 9.18. The van der Waals surface area contributed by atoms with Gasteiger partial charge in [-0.05, 0) is 6.07 Å². The Labute approximate surface area is 91.3 Å². The minimum Gasteiger partial charge on any atom is -0.505 e. The Morgan fingerprint density at radius 1 is 1.33 bits per heavy atom. The number of nitrogens with two attached hydrogens (primary N) is 1. The monoisotopic (exact) mass is 241 g/mol. The lowest BCUT2D eigenvalue weighted by atomic mass is 10.0. The third-order valence-electron chi connectivity index (χ3n) is 1.85. The van der Waals surface area contributed by atoms with Gasteiger partial charge < -0.3 is 10.8 Å². The normalized spacial score (nSPS) is 12.3. The fourth-order valence-electron chi connectivity index (χ4n) is 1.15. The zero-order chi connectivity index (χ0) is 10.7. The van der Waals surface area contributed by atoms with Gasteiger partial charge in [0.25, 0.3) is 0 Å². The molecule has 3 N–H and O–H groups in total. The van der Waals surface area contributed by atoms with Crippen molar-refractivity contribution in [3.05, 3.63) is 29.6 Å². The topological polar surface area (TPSA) is 46.2 Å². The molecule has 0 fully saturated rings. The van der Waals surface area contributed by atoms with Crippen molar-refractivity contribution in [3.63, 3.8) is 0 Å². The molecule has 0 saturated carbocycles. The van der Waals surface area contributed by atoms with E-state index < -0.39 is 30.5 Å². The van der Waals surface area contributed by atoms with Crippen LogP contribution in [0.2, 0.25) is 0 Å². The van der Waals surface area contributed by atoms with E-state index in [1.165, 1.54) is 12.1 Å². The zero-order valence-electron chi connectivity index (χ0n) is 7.66. The van der Waals surface area contributed by atoms with Gasteiger partial charge in [-0.25, -0.2) is 13.2 Å². The SMILES string of the molecule is Cl.N[C@@H](CC(F)F)c1cccc(F)c1O. The van der Waals surface area contributed by atoms with Gasteiger partial charge in [-0.1, -0.05) is 12.1 Å². The lowest BCUT2D eigenvalue weighted by molar-refractivity contribution is 0.128. The van der Waals surface area contributed by atoms with E-state index in [4.69, 9.17) is 5.73 Å². The Balaban J connectivity index is 0.00000196. The maximum Gasteiger partial charge on any atom is 0.240 e. The van der Waals surface area contributed by atoms with E-state index in [0.717, 1.165) is 6.07 Å². The minimum atomic E-state index is -2.58. The van der Waals surface area contributed by atoms with Gasteiger partial charge in [0.2, 0.25) is 6.43 Å². The molecule has 1 aromatic carbocycles. The summed E-state index contributed by atoms with van der Waals surface area (Å²) in [6.07, 6.45) is -3.18. The van der Waals surface area contributed by atoms with Crippen molar-refractivity contribution in [2.75, 3.05) is 0 Å². The fourth-order valence-corrected chi connectivity index (χ4v) is 1.15. The number of benzene rings is 1. The Kier molecular flexibility index (Phi) is 5.46. The first-order valence-electron chi connectivity index (χ1n) is 4.03. The van der Waals surface area contributed by atoms with Crippen molar-refractivity contribution in [2.24, 2.45) is 5.73 Å². The molecule has 0 heterocycles. The predicted molar refractivity (Wildman–Crippen MR) is 52.9 cm³/mol. The van der Waals surface area contributed by atoms with Gasteiger partial charge in [-0.2, -0.15) is 0 Å². The summed E-state index contributed by atoms with van der Waals surface area (Å²) in [7, 11) is 0. The fraction of sp³-hybridized carbons (Fsp3) is 0.333. The van der Waals surface area contributed by atoms with E-state index >= 15 is 0 Å². The molecular weight excluding hydrogens is 231 g/mol. The van der Waals surface area contributed by atoms with E-state index in [9.17, 15) is 18.3 Å². The van der Waals surface area contributed by atoms with E-state index in [-0.39, 0.29) is 18.0 Å². The van der Waals surface area contributed by atoms with Crippen molar-refractivity contribution in [1.29, 1.82) is 0 Å². The van der Waals surface area contributed by atoms with E-state index in [0.29, 0.717) is 0 Å². The van der Waals surface area contributed by atoms with Crippen LogP contribution in [0.3, 0.4) is 0 Å². The smallest absolute Gasteiger partial charge is 0.240 e. The summed E-state index contributed by atoms with van der Waals surface area (Å²) >= 11 is 0. The van der Waals surface area contributed by atoms with Crippen molar-refractivity contribution in [2.45, 2.75) is 18.9 Å². The van der Waals surface area contributed by atoms with Crippen molar-refractivity contribution in [3.8, 4) is 5.75 Å². The molecule has 0 saturated heterocycles. The molecule has 0 unspecified atom stereocenters. The zero-order valence-corrected chi connectivity index (χ0v) is 8.48. The molecule has 0 radical (unpaired) electrons. The molecular formula is C9H11ClF3NO. The summed E-state index contributed by atoms with van der Waals surface area (Å²) in [4.78, 5) is 0. The van der Waals surface area contributed by atoms with Gasteiger partial charge in [0.15, 0.2) is 11.6 Å². The molecule has 15 heavy (non-hydrogen) atoms. The molecule has 0 bridgehead atoms. The summed E-state index contributed by atoms with van der Waals surface area (Å²) in [5.41, 5.74) is 5.36. The number of halogens is 4. The molecule has 0 amide bonds. The third-order valence-corrected chi connectivity index (χ3v) is 1.85. The van der Waals surface area contributed by atoms with E-state index in [2.05, 4.69) is 0 Å². The Hall–Kier alpha value is -0.940. The number of hydrogen-bond donors (Lipinski definition) is 2. The Morgan fingerprint density at radius 3 is 2.47 bits per heavy atom. The molecule has 86 valence electrons. The van der Waals surface area contributed by atoms with Crippen molar-refractivity contribution < 1.29 is 18.3 Å². The highest BCUT2D eigenvalue weighted by atomic mass is 35.5.